The molecule has 0 saturated heterocycles. The molecule has 8 nitrogen and oxygen atoms in total. The number of aryl methyl sites for hydroxylation is 2. The van der Waals surface area contributed by atoms with Crippen LogP contribution in [0.25, 0.3) is 11.0 Å². The number of hydrogen-bond acceptors (Lipinski definition) is 6. The van der Waals surface area contributed by atoms with Gasteiger partial charge in [-0.15, -0.1) is 0 Å². The fraction of sp³-hybridized carbons (Fsp3) is 0.143. The van der Waals surface area contributed by atoms with E-state index in [0.717, 1.165) is 17.7 Å². The van der Waals surface area contributed by atoms with E-state index in [2.05, 4.69) is 25.7 Å². The Morgan fingerprint density at radius 1 is 1.16 bits per heavy atom. The number of nitrogens with two attached hydrogens (primary N) is 1. The van der Waals surface area contributed by atoms with Crippen LogP contribution in [-0.2, 0) is 13.2 Å². The van der Waals surface area contributed by atoms with E-state index >= 15 is 0 Å². The van der Waals surface area contributed by atoms with Gasteiger partial charge in [-0.25, -0.2) is 9.67 Å². The summed E-state index contributed by atoms with van der Waals surface area (Å²) in [5, 5.41) is 10.9. The maximum absolute atomic E-state index is 12.9. The third kappa shape index (κ3) is 4.17. The smallest absolute Gasteiger partial charge is 0.368 e. The van der Waals surface area contributed by atoms with Gasteiger partial charge in [0.25, 0.3) is 5.91 Å². The Morgan fingerprint density at radius 2 is 1.94 bits per heavy atom. The van der Waals surface area contributed by atoms with E-state index in [1.165, 1.54) is 12.1 Å². The van der Waals surface area contributed by atoms with Gasteiger partial charge < -0.3 is 16.4 Å². The molecular formula is C21H18F3N7O. The van der Waals surface area contributed by atoms with Crippen LogP contribution >= 0.6 is 0 Å². The number of alkyl halides is 3. The molecule has 1 amide bonds. The van der Waals surface area contributed by atoms with Crippen LogP contribution in [0.4, 0.5) is 36.3 Å². The predicted octanol–water partition coefficient (Wildman–Crippen LogP) is 4.27. The highest BCUT2D eigenvalue weighted by Gasteiger charge is 2.30. The Labute approximate surface area is 180 Å². The van der Waals surface area contributed by atoms with Crippen LogP contribution < -0.4 is 16.4 Å². The number of nitrogen functional groups attached to an aromatic ring is 1. The van der Waals surface area contributed by atoms with Crippen LogP contribution in [0.15, 0.2) is 48.7 Å². The largest absolute Gasteiger partial charge is 0.416 e. The SMILES string of the molecule is Cc1ccc(NC(=O)c2cccc(C(F)(F)F)c2)cc1Nc1nn(C)c2nc(N)ncc12. The van der Waals surface area contributed by atoms with Crippen molar-refractivity contribution in [1.82, 2.24) is 19.7 Å². The molecule has 0 aliphatic rings. The minimum Gasteiger partial charge on any atom is -0.368 e. The number of amides is 1. The molecular weight excluding hydrogens is 423 g/mol. The Balaban J connectivity index is 1.59. The Hall–Kier alpha value is -4.15. The molecule has 2 aromatic heterocycles. The first-order chi connectivity index (χ1) is 15.1. The monoisotopic (exact) mass is 441 g/mol. The molecule has 32 heavy (non-hydrogen) atoms. The maximum Gasteiger partial charge on any atom is 0.416 e. The minimum atomic E-state index is -4.53. The lowest BCUT2D eigenvalue weighted by molar-refractivity contribution is -0.137. The van der Waals surface area contributed by atoms with Gasteiger partial charge in [-0.2, -0.15) is 23.3 Å². The molecule has 2 heterocycles. The van der Waals surface area contributed by atoms with Crippen molar-refractivity contribution in [3.05, 3.63) is 65.4 Å². The third-order valence-electron chi connectivity index (χ3n) is 4.80. The van der Waals surface area contributed by atoms with Crippen LogP contribution in [0.3, 0.4) is 0 Å². The number of carbonyl (C=O) groups excluding carboxylic acids is 1. The van der Waals surface area contributed by atoms with E-state index in [1.54, 1.807) is 36.1 Å². The summed E-state index contributed by atoms with van der Waals surface area (Å²) in [6.07, 6.45) is -2.97. The van der Waals surface area contributed by atoms with E-state index in [1.807, 2.05) is 6.92 Å². The summed E-state index contributed by atoms with van der Waals surface area (Å²) in [6.45, 7) is 1.86. The van der Waals surface area contributed by atoms with Gasteiger partial charge in [-0.1, -0.05) is 12.1 Å². The number of carbonyl (C=O) groups is 1. The molecule has 11 heteroatoms. The summed E-state index contributed by atoms with van der Waals surface area (Å²) >= 11 is 0. The number of fused-ring (bicyclic) bond motifs is 1. The number of nitrogens with one attached hydrogen (secondary N) is 2. The lowest BCUT2D eigenvalue weighted by Gasteiger charge is -2.12. The zero-order valence-corrected chi connectivity index (χ0v) is 17.0. The Morgan fingerprint density at radius 3 is 2.69 bits per heavy atom. The quantitative estimate of drug-likeness (QED) is 0.436. The zero-order valence-electron chi connectivity index (χ0n) is 17.0. The van der Waals surface area contributed by atoms with Gasteiger partial charge in [0.1, 0.15) is 0 Å². The van der Waals surface area contributed by atoms with Crippen molar-refractivity contribution in [2.24, 2.45) is 7.05 Å². The number of anilines is 4. The molecule has 4 aromatic rings. The van der Waals surface area contributed by atoms with Crippen molar-refractivity contribution < 1.29 is 18.0 Å². The number of rotatable bonds is 4. The van der Waals surface area contributed by atoms with E-state index in [4.69, 9.17) is 5.73 Å². The molecule has 4 rings (SSSR count). The lowest BCUT2D eigenvalue weighted by Crippen LogP contribution is -2.14. The average Bonchev–Trinajstić information content (AvgIpc) is 3.04. The number of hydrogen-bond donors (Lipinski definition) is 3. The van der Waals surface area contributed by atoms with Crippen molar-refractivity contribution in [3.8, 4) is 0 Å². The topological polar surface area (TPSA) is 111 Å². The fourth-order valence-electron chi connectivity index (χ4n) is 3.15. The second-order valence-electron chi connectivity index (χ2n) is 7.13. The van der Waals surface area contributed by atoms with Gasteiger partial charge in [0, 0.05) is 30.2 Å². The molecule has 0 aliphatic carbocycles. The van der Waals surface area contributed by atoms with Gasteiger partial charge in [-0.05, 0) is 42.8 Å². The molecule has 0 unspecified atom stereocenters. The van der Waals surface area contributed by atoms with E-state index in [-0.39, 0.29) is 11.5 Å². The third-order valence-corrected chi connectivity index (χ3v) is 4.80. The number of benzene rings is 2. The summed E-state index contributed by atoms with van der Waals surface area (Å²) in [5.74, 6) is -0.0347. The normalized spacial score (nSPS) is 11.5. The summed E-state index contributed by atoms with van der Waals surface area (Å²) in [5.41, 5.74) is 7.11. The molecule has 0 radical (unpaired) electrons. The molecule has 0 atom stereocenters. The second-order valence-corrected chi connectivity index (χ2v) is 7.13. The Bertz CT molecular complexity index is 1330. The molecule has 0 spiro atoms. The van der Waals surface area contributed by atoms with E-state index in [0.29, 0.717) is 28.2 Å². The van der Waals surface area contributed by atoms with Crippen LogP contribution in [0.2, 0.25) is 0 Å². The van der Waals surface area contributed by atoms with Crippen molar-refractivity contribution in [2.75, 3.05) is 16.4 Å². The van der Waals surface area contributed by atoms with Crippen LogP contribution in [0.1, 0.15) is 21.5 Å². The minimum absolute atomic E-state index is 0.0969. The molecule has 2 aromatic carbocycles. The molecule has 0 bridgehead atoms. The van der Waals surface area contributed by atoms with E-state index in [9.17, 15) is 18.0 Å². The zero-order chi connectivity index (χ0) is 23.0. The van der Waals surface area contributed by atoms with Gasteiger partial charge in [-0.3, -0.25) is 4.79 Å². The molecule has 0 saturated carbocycles. The van der Waals surface area contributed by atoms with Gasteiger partial charge in [0.05, 0.1) is 10.9 Å². The molecule has 4 N–H and O–H groups in total. The first kappa shape index (κ1) is 21.1. The summed E-state index contributed by atoms with van der Waals surface area (Å²) in [4.78, 5) is 20.7. The molecule has 0 fully saturated rings. The number of aromatic nitrogens is 4. The molecule has 0 aliphatic heterocycles. The second kappa shape index (κ2) is 7.84. The highest BCUT2D eigenvalue weighted by Crippen LogP contribution is 2.30. The average molecular weight is 441 g/mol. The maximum atomic E-state index is 12.9. The summed E-state index contributed by atoms with van der Waals surface area (Å²) in [7, 11) is 1.72. The number of nitrogens with zero attached hydrogens (tertiary/aromatic N) is 4. The lowest BCUT2D eigenvalue weighted by atomic mass is 10.1. The highest BCUT2D eigenvalue weighted by atomic mass is 19.4. The first-order valence-corrected chi connectivity index (χ1v) is 9.43. The highest BCUT2D eigenvalue weighted by molar-refractivity contribution is 6.04. The number of halogens is 3. The van der Waals surface area contributed by atoms with Crippen LogP contribution in [-0.4, -0.2) is 25.7 Å². The van der Waals surface area contributed by atoms with Gasteiger partial charge in [0.15, 0.2) is 11.5 Å². The van der Waals surface area contributed by atoms with E-state index < -0.39 is 17.6 Å². The van der Waals surface area contributed by atoms with Crippen molar-refractivity contribution in [1.29, 1.82) is 0 Å². The van der Waals surface area contributed by atoms with Gasteiger partial charge >= 0.3 is 6.18 Å². The fourth-order valence-corrected chi connectivity index (χ4v) is 3.15. The van der Waals surface area contributed by atoms with Crippen molar-refractivity contribution in [2.45, 2.75) is 13.1 Å². The summed E-state index contributed by atoms with van der Waals surface area (Å²) in [6, 6.07) is 9.34. The van der Waals surface area contributed by atoms with Crippen LogP contribution in [0.5, 0.6) is 0 Å². The first-order valence-electron chi connectivity index (χ1n) is 9.43. The van der Waals surface area contributed by atoms with Crippen molar-refractivity contribution in [3.63, 3.8) is 0 Å². The van der Waals surface area contributed by atoms with Crippen LogP contribution in [0, 0.1) is 6.92 Å². The molecule has 164 valence electrons. The Kier molecular flexibility index (Phi) is 5.17. The van der Waals surface area contributed by atoms with Gasteiger partial charge in [0.2, 0.25) is 5.95 Å². The standard InChI is InChI=1S/C21H18F3N7O/c1-11-6-7-14(27-19(32)12-4-3-5-13(8-12)21(22,23)24)9-16(11)28-17-15-10-26-20(25)29-18(15)31(2)30-17/h3-10H,1-2H3,(H,27,32)(H,28,30)(H2,25,26,29). The van der Waals surface area contributed by atoms with Crippen molar-refractivity contribution >= 4 is 40.1 Å². The predicted molar refractivity (Wildman–Crippen MR) is 115 cm³/mol. The summed E-state index contributed by atoms with van der Waals surface area (Å²) < 4.78 is 40.4.